The summed E-state index contributed by atoms with van der Waals surface area (Å²) in [6, 6.07) is 8.05. The molecule has 1 aromatic carbocycles. The van der Waals surface area contributed by atoms with Crippen molar-refractivity contribution >= 4 is 17.6 Å². The molecule has 84 valence electrons. The fourth-order valence-electron chi connectivity index (χ4n) is 1.44. The molecule has 5 heteroatoms. The Balaban J connectivity index is 2.08. The number of hydrogen-bond acceptors (Lipinski definition) is 5. The van der Waals surface area contributed by atoms with Crippen LogP contribution < -0.4 is 16.4 Å². The molecule has 0 bridgehead atoms. The molecule has 0 spiro atoms. The Morgan fingerprint density at radius 2 is 1.94 bits per heavy atom. The van der Waals surface area contributed by atoms with Crippen LogP contribution in [0, 0.1) is 6.92 Å². The maximum atomic E-state index is 5.61. The van der Waals surface area contributed by atoms with Gasteiger partial charge in [-0.2, -0.15) is 0 Å². The van der Waals surface area contributed by atoms with Gasteiger partial charge in [0, 0.05) is 5.69 Å². The average molecular weight is 217 g/mol. The van der Waals surface area contributed by atoms with Gasteiger partial charge in [-0.25, -0.2) is 9.98 Å². The van der Waals surface area contributed by atoms with E-state index in [-0.39, 0.29) is 6.17 Å². The Hall–Kier alpha value is -2.04. The van der Waals surface area contributed by atoms with Gasteiger partial charge in [0.05, 0.1) is 0 Å². The van der Waals surface area contributed by atoms with Gasteiger partial charge in [-0.3, -0.25) is 5.32 Å². The minimum atomic E-state index is -0.144. The maximum Gasteiger partial charge on any atom is 0.204 e. The molecule has 1 unspecified atom stereocenters. The average Bonchev–Trinajstić information content (AvgIpc) is 2.20. The van der Waals surface area contributed by atoms with Crippen LogP contribution in [0.25, 0.3) is 0 Å². The van der Waals surface area contributed by atoms with Crippen molar-refractivity contribution in [3.63, 3.8) is 0 Å². The van der Waals surface area contributed by atoms with E-state index < -0.39 is 0 Å². The standard InChI is InChI=1S/C11H15N5/c1-7-3-5-9(6-4-7)15-11-14-8(2)13-10(12)16-11/h3-6,8H,1-2H3,(H4,12,13,14,15,16). The van der Waals surface area contributed by atoms with E-state index in [1.807, 2.05) is 38.1 Å². The molecule has 1 aliphatic rings. The molecule has 0 saturated heterocycles. The Morgan fingerprint density at radius 1 is 1.25 bits per heavy atom. The molecule has 0 aliphatic carbocycles. The zero-order valence-electron chi connectivity index (χ0n) is 9.36. The van der Waals surface area contributed by atoms with Gasteiger partial charge in [0.1, 0.15) is 6.17 Å². The SMILES string of the molecule is Cc1ccc(NC2=NC(C)N=C(N)N2)cc1. The van der Waals surface area contributed by atoms with E-state index in [4.69, 9.17) is 5.73 Å². The molecule has 0 radical (unpaired) electrons. The lowest BCUT2D eigenvalue weighted by molar-refractivity contribution is 0.766. The minimum absolute atomic E-state index is 0.144. The van der Waals surface area contributed by atoms with E-state index in [1.54, 1.807) is 0 Å². The van der Waals surface area contributed by atoms with Gasteiger partial charge in [0.25, 0.3) is 0 Å². The summed E-state index contributed by atoms with van der Waals surface area (Å²) < 4.78 is 0. The van der Waals surface area contributed by atoms with Crippen molar-refractivity contribution in [3.8, 4) is 0 Å². The number of nitrogens with zero attached hydrogens (tertiary/aromatic N) is 2. The fraction of sp³-hybridized carbons (Fsp3) is 0.273. The maximum absolute atomic E-state index is 5.61. The molecule has 1 aliphatic heterocycles. The summed E-state index contributed by atoms with van der Waals surface area (Å²) >= 11 is 0. The van der Waals surface area contributed by atoms with Crippen LogP contribution in [-0.4, -0.2) is 18.1 Å². The van der Waals surface area contributed by atoms with Gasteiger partial charge in [-0.15, -0.1) is 0 Å². The third kappa shape index (κ3) is 2.50. The van der Waals surface area contributed by atoms with E-state index in [0.717, 1.165) is 5.69 Å². The zero-order chi connectivity index (χ0) is 11.5. The number of hydrogen-bond donors (Lipinski definition) is 3. The molecular weight excluding hydrogens is 202 g/mol. The van der Waals surface area contributed by atoms with Gasteiger partial charge in [0.2, 0.25) is 5.96 Å². The monoisotopic (exact) mass is 217 g/mol. The highest BCUT2D eigenvalue weighted by atomic mass is 15.3. The number of guanidine groups is 2. The van der Waals surface area contributed by atoms with Crippen LogP contribution in [0.2, 0.25) is 0 Å². The van der Waals surface area contributed by atoms with Crippen LogP contribution in [0.4, 0.5) is 5.69 Å². The highest BCUT2D eigenvalue weighted by Gasteiger charge is 2.10. The number of anilines is 1. The predicted molar refractivity (Wildman–Crippen MR) is 66.5 cm³/mol. The largest absolute Gasteiger partial charge is 0.370 e. The second-order valence-electron chi connectivity index (χ2n) is 3.74. The first-order chi connectivity index (χ1) is 7.63. The first-order valence-electron chi connectivity index (χ1n) is 5.15. The molecule has 2 rings (SSSR count). The topological polar surface area (TPSA) is 74.8 Å². The first-order valence-corrected chi connectivity index (χ1v) is 5.15. The summed E-state index contributed by atoms with van der Waals surface area (Å²) in [7, 11) is 0. The van der Waals surface area contributed by atoms with E-state index in [1.165, 1.54) is 5.56 Å². The van der Waals surface area contributed by atoms with Crippen LogP contribution in [0.5, 0.6) is 0 Å². The second kappa shape index (κ2) is 4.22. The summed E-state index contributed by atoms with van der Waals surface area (Å²) in [5.41, 5.74) is 7.80. The molecule has 0 fully saturated rings. The van der Waals surface area contributed by atoms with E-state index in [9.17, 15) is 0 Å². The molecule has 1 heterocycles. The Bertz CT molecular complexity index is 432. The summed E-state index contributed by atoms with van der Waals surface area (Å²) in [5.74, 6) is 1.01. The van der Waals surface area contributed by atoms with E-state index in [2.05, 4.69) is 20.6 Å². The Labute approximate surface area is 94.5 Å². The molecule has 16 heavy (non-hydrogen) atoms. The van der Waals surface area contributed by atoms with Crippen LogP contribution in [0.15, 0.2) is 34.3 Å². The number of aryl methyl sites for hydroxylation is 1. The predicted octanol–water partition coefficient (Wildman–Crippen LogP) is 1.03. The number of aliphatic imine (C=N–C) groups is 2. The number of nitrogens with two attached hydrogens (primary N) is 1. The molecule has 1 atom stereocenters. The Morgan fingerprint density at radius 3 is 2.56 bits per heavy atom. The van der Waals surface area contributed by atoms with Crippen molar-refractivity contribution < 1.29 is 0 Å². The summed E-state index contributed by atoms with van der Waals surface area (Å²) in [4.78, 5) is 8.32. The fourth-order valence-corrected chi connectivity index (χ4v) is 1.44. The zero-order valence-corrected chi connectivity index (χ0v) is 9.36. The molecule has 0 aromatic heterocycles. The van der Waals surface area contributed by atoms with Crippen molar-refractivity contribution in [2.75, 3.05) is 5.32 Å². The van der Waals surface area contributed by atoms with Gasteiger partial charge in [0.15, 0.2) is 5.96 Å². The number of rotatable bonds is 1. The number of benzene rings is 1. The quantitative estimate of drug-likeness (QED) is 0.657. The smallest absolute Gasteiger partial charge is 0.204 e. The normalized spacial score (nSPS) is 19.5. The molecule has 5 nitrogen and oxygen atoms in total. The van der Waals surface area contributed by atoms with Crippen LogP contribution in [0.3, 0.4) is 0 Å². The van der Waals surface area contributed by atoms with Crippen molar-refractivity contribution in [1.82, 2.24) is 5.32 Å². The molecule has 1 aromatic rings. The number of nitrogens with one attached hydrogen (secondary N) is 2. The van der Waals surface area contributed by atoms with E-state index >= 15 is 0 Å². The molecule has 0 saturated carbocycles. The molecular formula is C11H15N5. The van der Waals surface area contributed by atoms with Crippen molar-refractivity contribution in [1.29, 1.82) is 0 Å². The third-order valence-corrected chi connectivity index (χ3v) is 2.20. The van der Waals surface area contributed by atoms with Gasteiger partial charge >= 0.3 is 0 Å². The first kappa shape index (κ1) is 10.5. The highest BCUT2D eigenvalue weighted by molar-refractivity contribution is 6.05. The Kier molecular flexibility index (Phi) is 2.76. The van der Waals surface area contributed by atoms with Gasteiger partial charge < -0.3 is 11.1 Å². The lowest BCUT2D eigenvalue weighted by Crippen LogP contribution is -2.44. The van der Waals surface area contributed by atoms with Gasteiger partial charge in [-0.05, 0) is 26.0 Å². The third-order valence-electron chi connectivity index (χ3n) is 2.20. The van der Waals surface area contributed by atoms with Crippen LogP contribution >= 0.6 is 0 Å². The summed E-state index contributed by atoms with van der Waals surface area (Å²) in [6.07, 6.45) is -0.144. The minimum Gasteiger partial charge on any atom is -0.370 e. The lowest BCUT2D eigenvalue weighted by Gasteiger charge is -2.17. The van der Waals surface area contributed by atoms with Crippen LogP contribution in [-0.2, 0) is 0 Å². The van der Waals surface area contributed by atoms with Crippen LogP contribution in [0.1, 0.15) is 12.5 Å². The second-order valence-corrected chi connectivity index (χ2v) is 3.74. The van der Waals surface area contributed by atoms with Gasteiger partial charge in [-0.1, -0.05) is 17.7 Å². The molecule has 4 N–H and O–H groups in total. The summed E-state index contributed by atoms with van der Waals surface area (Å²) in [5, 5.41) is 6.02. The molecule has 0 amide bonds. The van der Waals surface area contributed by atoms with Crippen molar-refractivity contribution in [3.05, 3.63) is 29.8 Å². The van der Waals surface area contributed by atoms with E-state index in [0.29, 0.717) is 11.9 Å². The van der Waals surface area contributed by atoms with Crippen molar-refractivity contribution in [2.45, 2.75) is 20.0 Å². The summed E-state index contributed by atoms with van der Waals surface area (Å²) in [6.45, 7) is 3.93. The van der Waals surface area contributed by atoms with Crippen molar-refractivity contribution in [2.24, 2.45) is 15.7 Å². The lowest BCUT2D eigenvalue weighted by atomic mass is 10.2. The highest BCUT2D eigenvalue weighted by Crippen LogP contribution is 2.09.